The van der Waals surface area contributed by atoms with Crippen LogP contribution in [0.5, 0.6) is 0 Å². The average molecular weight is 2040 g/mol. The van der Waals surface area contributed by atoms with Gasteiger partial charge in [0.05, 0.1) is 80.0 Å². The van der Waals surface area contributed by atoms with E-state index in [2.05, 4.69) is 138 Å². The van der Waals surface area contributed by atoms with Crippen molar-refractivity contribution in [1.29, 1.82) is 0 Å². The van der Waals surface area contributed by atoms with E-state index in [0.717, 1.165) is 183 Å². The van der Waals surface area contributed by atoms with Gasteiger partial charge >= 0.3 is 35.8 Å². The smallest absolute Gasteiger partial charge is 0.331 e. The summed E-state index contributed by atoms with van der Waals surface area (Å²) in [5, 5.41) is 18.8. The fourth-order valence-electron chi connectivity index (χ4n) is 15.4. The number of carboxylic acids is 1. The number of allylic oxidation sites excluding steroid dienone is 7. The number of aliphatic hydroxyl groups excluding tert-OH is 1. The Morgan fingerprint density at radius 2 is 0.804 bits per heavy atom. The lowest BCUT2D eigenvalue weighted by molar-refractivity contribution is -0.163. The monoisotopic (exact) mass is 2040 g/mol. The van der Waals surface area contributed by atoms with Gasteiger partial charge in [-0.25, -0.2) is 4.79 Å². The number of aliphatic imine (C=N–C) groups is 1. The molecule has 22 heteroatoms. The molecular formula is C116H196BrClN2O17S. The lowest BCUT2D eigenvalue weighted by Crippen LogP contribution is -2.40. The number of hydrogen-bond acceptors (Lipinski definition) is 18. The van der Waals surface area contributed by atoms with Gasteiger partial charge in [0.1, 0.15) is 17.2 Å². The first kappa shape index (κ1) is 139. The number of hydrogen-bond donors (Lipinski definition) is 3. The number of esters is 5. The number of alkyl halides is 1. The van der Waals surface area contributed by atoms with Crippen LogP contribution in [0.4, 0.5) is 0 Å². The zero-order valence-electron chi connectivity index (χ0n) is 90.5. The summed E-state index contributed by atoms with van der Waals surface area (Å²) in [6.07, 6.45) is 39.8. The van der Waals surface area contributed by atoms with Crippen molar-refractivity contribution < 1.29 is 80.0 Å². The summed E-state index contributed by atoms with van der Waals surface area (Å²) in [5.74, 6) is -0.107. The Balaban J connectivity index is -0.000000507. The largest absolute Gasteiger partial charge is 0.481 e. The van der Waals surface area contributed by atoms with Gasteiger partial charge in [-0.15, -0.1) is 58.5 Å². The number of halogens is 2. The van der Waals surface area contributed by atoms with E-state index in [4.69, 9.17) is 43.3 Å². The van der Waals surface area contributed by atoms with Gasteiger partial charge in [0.25, 0.3) is 10.1 Å². The number of carboxylic acid groups (broad SMARTS) is 1. The van der Waals surface area contributed by atoms with Crippen molar-refractivity contribution in [2.24, 2.45) is 81.7 Å². The van der Waals surface area contributed by atoms with Gasteiger partial charge in [-0.3, -0.25) is 33.1 Å². The van der Waals surface area contributed by atoms with Crippen LogP contribution >= 0.6 is 28.3 Å². The molecule has 0 aliphatic carbocycles. The number of rotatable bonds is 61. The maximum atomic E-state index is 13.0. The van der Waals surface area contributed by atoms with Gasteiger partial charge in [0.2, 0.25) is 0 Å². The molecule has 1 aliphatic rings. The quantitative estimate of drug-likeness (QED) is 0.00900. The molecule has 138 heavy (non-hydrogen) atoms. The molecule has 18 atom stereocenters. The molecule has 3 aromatic rings. The van der Waals surface area contributed by atoms with Crippen molar-refractivity contribution in [1.82, 2.24) is 0 Å². The highest BCUT2D eigenvalue weighted by molar-refractivity contribution is 9.09. The van der Waals surface area contributed by atoms with Crippen molar-refractivity contribution in [3.8, 4) is 0 Å². The second-order valence-corrected chi connectivity index (χ2v) is 42.1. The lowest BCUT2D eigenvalue weighted by atomic mass is 9.80. The molecule has 4 N–H and O–H groups in total. The predicted molar refractivity (Wildman–Crippen MR) is 585 cm³/mol. The van der Waals surface area contributed by atoms with E-state index in [1.807, 2.05) is 159 Å². The third-order valence-corrected chi connectivity index (χ3v) is 25.5. The number of aliphatic carboxylic acids is 1. The molecule has 4 rings (SSSR count). The first-order valence-corrected chi connectivity index (χ1v) is 53.8. The molecule has 1 fully saturated rings. The van der Waals surface area contributed by atoms with Gasteiger partial charge in [-0.1, -0.05) is 259 Å². The van der Waals surface area contributed by atoms with Crippen LogP contribution < -0.4 is 5.73 Å². The zero-order valence-corrected chi connectivity index (χ0v) is 93.8. The molecule has 0 aromatic heterocycles. The van der Waals surface area contributed by atoms with Crippen LogP contribution in [0.3, 0.4) is 0 Å². The fourth-order valence-corrected chi connectivity index (χ4v) is 16.8. The number of carbonyl (C=O) groups is 6. The molecule has 0 saturated carbocycles. The number of carbonyl (C=O) groups excluding carboxylic acids is 5. The maximum absolute atomic E-state index is 13.0. The Labute approximate surface area is 856 Å². The minimum atomic E-state index is -3.67. The first-order valence-electron chi connectivity index (χ1n) is 51.5. The molecule has 0 amide bonds. The Morgan fingerprint density at radius 1 is 0.471 bits per heavy atom. The van der Waals surface area contributed by atoms with E-state index in [9.17, 15) is 47.4 Å². The molecule has 0 bridgehead atoms. The number of benzene rings is 3. The van der Waals surface area contributed by atoms with Crippen LogP contribution in [0.2, 0.25) is 0 Å². The van der Waals surface area contributed by atoms with E-state index in [1.54, 1.807) is 58.9 Å². The zero-order chi connectivity index (χ0) is 105. The molecule has 1 aliphatic heterocycles. The molecule has 0 radical (unpaired) electrons. The molecule has 0 spiro atoms. The van der Waals surface area contributed by atoms with E-state index < -0.39 is 57.2 Å². The molecule has 1 saturated heterocycles. The van der Waals surface area contributed by atoms with Gasteiger partial charge in [-0.2, -0.15) is 8.42 Å². The third kappa shape index (κ3) is 73.0. The molecule has 11 unspecified atom stereocenters. The highest BCUT2D eigenvalue weighted by Crippen LogP contribution is 2.34. The van der Waals surface area contributed by atoms with Crippen LogP contribution in [0.15, 0.2) is 183 Å². The predicted octanol–water partition coefficient (Wildman–Crippen LogP) is 29.9. The van der Waals surface area contributed by atoms with Gasteiger partial charge in [-0.05, 0) is 288 Å². The Bertz CT molecular complexity index is 3780. The van der Waals surface area contributed by atoms with Crippen molar-refractivity contribution in [2.75, 3.05) is 26.4 Å². The van der Waals surface area contributed by atoms with E-state index in [1.165, 1.54) is 12.8 Å². The van der Waals surface area contributed by atoms with Crippen LogP contribution in [0.25, 0.3) is 0 Å². The molecule has 19 nitrogen and oxygen atoms in total. The molecule has 1 heterocycles. The van der Waals surface area contributed by atoms with Gasteiger partial charge in [0, 0.05) is 16.0 Å². The minimum Gasteiger partial charge on any atom is -0.481 e. The van der Waals surface area contributed by atoms with Crippen molar-refractivity contribution in [3.05, 3.63) is 190 Å². The summed E-state index contributed by atoms with van der Waals surface area (Å²) in [6.45, 7) is 75.9. The number of aryl methyl sites for hydroxylation is 1. The number of nitrogens with zero attached hydrogens (tertiary/aromatic N) is 1. The average Bonchev–Trinajstić information content (AvgIpc) is 1.61. The minimum absolute atomic E-state index is 0. The van der Waals surface area contributed by atoms with E-state index in [-0.39, 0.29) is 89.9 Å². The SMILES string of the molecule is C=CCCC(C)Br.C=CCCC(C)C[C@@H](CC)C(CC(=O)OC(C)(C)C)C(=O)O.C=CCCC(C)C[C@@H](CC)C(CC(=O)OC(C)(C)C)C(=O)OCC.C=CCCC(C)C[C@@H](CC)C(N)C(=O)OCC.C=CCCC(C)C[C@@H](O)CC.C=CCCC(C)C[C@H](CC)C(N=C(c1ccccc1)c1ccccc1)C(=O)OCC.C=CCCC(C)C[C@H](CC)OS(=O)(=O)c1ccc(C)cc1.CC[C@H]1CO1.Cl. The van der Waals surface area contributed by atoms with Crippen LogP contribution in [0, 0.1) is 77.9 Å². The summed E-state index contributed by atoms with van der Waals surface area (Å²) >= 11 is 3.43. The summed E-state index contributed by atoms with van der Waals surface area (Å²) in [7, 11) is -3.67. The van der Waals surface area contributed by atoms with E-state index >= 15 is 0 Å². The van der Waals surface area contributed by atoms with Gasteiger partial charge < -0.3 is 44.4 Å². The maximum Gasteiger partial charge on any atom is 0.331 e. The Morgan fingerprint density at radius 3 is 1.12 bits per heavy atom. The normalized spacial score (nSPS) is 15.5. The Kier molecular flexibility index (Phi) is 85.2. The highest BCUT2D eigenvalue weighted by atomic mass is 79.9. The lowest BCUT2D eigenvalue weighted by Gasteiger charge is -2.28. The number of nitrogens with two attached hydrogens (primary N) is 1. The second-order valence-electron chi connectivity index (χ2n) is 38.9. The summed E-state index contributed by atoms with van der Waals surface area (Å²) < 4.78 is 61.1. The van der Waals surface area contributed by atoms with Crippen molar-refractivity contribution in [2.45, 2.75) is 404 Å². The summed E-state index contributed by atoms with van der Waals surface area (Å²) in [4.78, 5) is 78.6. The fraction of sp³-hybridized carbons (Fsp3) is 0.664. The van der Waals surface area contributed by atoms with Crippen LogP contribution in [-0.4, -0.2) is 133 Å². The first-order chi connectivity index (χ1) is 64.7. The van der Waals surface area contributed by atoms with E-state index in [0.29, 0.717) is 72.7 Å². The van der Waals surface area contributed by atoms with Crippen LogP contribution in [-0.2, 0) is 71.5 Å². The highest BCUT2D eigenvalue weighted by Gasteiger charge is 2.36. The molecule has 3 aromatic carbocycles. The number of epoxide rings is 1. The van der Waals surface area contributed by atoms with Crippen LogP contribution in [0.1, 0.15) is 362 Å². The third-order valence-electron chi connectivity index (χ3n) is 23.6. The van der Waals surface area contributed by atoms with Crippen molar-refractivity contribution in [3.63, 3.8) is 0 Å². The second kappa shape index (κ2) is 84.4. The van der Waals surface area contributed by atoms with Crippen molar-refractivity contribution >= 4 is 80.0 Å². The summed E-state index contributed by atoms with van der Waals surface area (Å²) in [5.41, 5.74) is 8.69. The molecule has 792 valence electrons. The molecular weight excluding hydrogens is 1840 g/mol. The Hall–Kier alpha value is -7.11. The topological polar surface area (TPSA) is 283 Å². The van der Waals surface area contributed by atoms with Gasteiger partial charge in [0.15, 0.2) is 6.04 Å². The standard InChI is InChI=1S/C27H35NO2.C20H36O4.C18H32O4.C17H26O3S.C14H27NO2.C10H20O.C6H11Br.C4H8O.ClH/c1-5-8-15-21(4)20-22(6-2)26(27(29)30-7-3)28-25(23-16-11-9-12-17-23)24-18-13-10-14-19-24;1-8-11-12-15(4)13-16(9-2)17(19(22)23-10-3)14-18(21)24-20(5,6)7;1-7-9-10-13(3)11-14(8-2)15(17(20)21)12-16(19)22-18(4,5)6;1-5-7-8-15(4)13-16(6-2)20-21(18,19)17-11-9-14(3)10-12-17;1-5-8-9-11(4)10-12(6-2)13(15)14(16)17-7-3;1-4-6-7-9(3)8-10(11)5-2;1-3-4-5-6(2)7;1-2-4-3-5-4;/h5,9-14,16-19,21-22,26H,1,6-8,15,20H2,2-4H3;8,15-17H,1,9-14H2,2-7H3;7,13-15H,1,8-12H2,2-6H3,(H,20,21);5,9-12,15-16H,1,6-8,13H2,2-4H3;5,11-13H,1,6-10,15H2,2-4H3;4,9-11H,1,5-8H2,2-3H3;3,6H,1,4-5H2,2H3;4H,2-3H2,1H3;1H/t21?,22-,26?;15?,16-,17?;13?,14-,15?;15?,16-;11?,12-,13?;9?,10-;;4-;/m011010.0./s1. The number of aliphatic hydroxyl groups is 1. The number of ether oxygens (including phenoxy) is 6. The summed E-state index contributed by atoms with van der Waals surface area (Å²) in [6, 6.07) is 25.9.